The highest BCUT2D eigenvalue weighted by Crippen LogP contribution is 2.42. The minimum atomic E-state index is 0.222. The van der Waals surface area contributed by atoms with Crippen molar-refractivity contribution < 1.29 is 4.79 Å². The molecule has 1 saturated carbocycles. The number of ketones is 1. The van der Waals surface area contributed by atoms with E-state index in [1.807, 2.05) is 6.20 Å². The van der Waals surface area contributed by atoms with Crippen molar-refractivity contribution in [3.05, 3.63) is 17.5 Å². The first-order chi connectivity index (χ1) is 7.09. The summed E-state index contributed by atoms with van der Waals surface area (Å²) in [5, 5.41) is 4.39. The van der Waals surface area contributed by atoms with Crippen molar-refractivity contribution in [3.63, 3.8) is 0 Å². The summed E-state index contributed by atoms with van der Waals surface area (Å²) in [4.78, 5) is 11.2. The predicted molar refractivity (Wildman–Crippen MR) is 59.0 cm³/mol. The van der Waals surface area contributed by atoms with Crippen LogP contribution in [0.3, 0.4) is 0 Å². The monoisotopic (exact) mass is 206 g/mol. The largest absolute Gasteiger partial charge is 0.300 e. The van der Waals surface area contributed by atoms with Crippen LogP contribution in [0.2, 0.25) is 0 Å². The van der Waals surface area contributed by atoms with Crippen LogP contribution in [0.15, 0.2) is 6.20 Å². The average molecular weight is 206 g/mol. The zero-order chi connectivity index (χ0) is 11.0. The van der Waals surface area contributed by atoms with Crippen LogP contribution in [0.4, 0.5) is 0 Å². The fourth-order valence-corrected chi connectivity index (χ4v) is 2.03. The van der Waals surface area contributed by atoms with Crippen LogP contribution in [-0.2, 0) is 11.2 Å². The molecular formula is C12H18N2O. The minimum absolute atomic E-state index is 0.222. The van der Waals surface area contributed by atoms with Gasteiger partial charge in [0.2, 0.25) is 0 Å². The van der Waals surface area contributed by atoms with E-state index < -0.39 is 0 Å². The summed E-state index contributed by atoms with van der Waals surface area (Å²) < 4.78 is 2.08. The fourth-order valence-electron chi connectivity index (χ4n) is 2.03. The number of hydrogen-bond donors (Lipinski definition) is 0. The highest BCUT2D eigenvalue weighted by Gasteiger charge is 2.30. The lowest BCUT2D eigenvalue weighted by atomic mass is 10.1. The van der Waals surface area contributed by atoms with E-state index in [1.165, 1.54) is 18.5 Å². The smallest absolute Gasteiger partial charge is 0.134 e. The van der Waals surface area contributed by atoms with Crippen LogP contribution in [-0.4, -0.2) is 15.6 Å². The molecule has 82 valence electrons. The summed E-state index contributed by atoms with van der Waals surface area (Å²) >= 11 is 0. The van der Waals surface area contributed by atoms with E-state index in [0.29, 0.717) is 18.4 Å². The number of nitrogens with zero attached hydrogens (tertiary/aromatic N) is 2. The third-order valence-electron chi connectivity index (χ3n) is 2.81. The number of hydrogen-bond acceptors (Lipinski definition) is 2. The maximum Gasteiger partial charge on any atom is 0.134 e. The Bertz CT molecular complexity index is 375. The molecule has 1 aromatic heterocycles. The molecule has 1 aliphatic rings. The van der Waals surface area contributed by atoms with Gasteiger partial charge in [-0.15, -0.1) is 0 Å². The number of rotatable bonds is 4. The molecule has 3 nitrogen and oxygen atoms in total. The maximum absolute atomic E-state index is 11.2. The van der Waals surface area contributed by atoms with E-state index >= 15 is 0 Å². The summed E-state index contributed by atoms with van der Waals surface area (Å²) in [5.41, 5.74) is 2.44. The van der Waals surface area contributed by atoms with Crippen LogP contribution in [0.1, 0.15) is 56.8 Å². The van der Waals surface area contributed by atoms with Gasteiger partial charge in [-0.1, -0.05) is 0 Å². The van der Waals surface area contributed by atoms with Gasteiger partial charge in [0.1, 0.15) is 5.78 Å². The van der Waals surface area contributed by atoms with Gasteiger partial charge in [0.05, 0.1) is 6.20 Å². The molecular weight excluding hydrogens is 188 g/mol. The predicted octanol–water partition coefficient (Wildman–Crippen LogP) is 2.47. The van der Waals surface area contributed by atoms with Crippen LogP contribution in [0.5, 0.6) is 0 Å². The van der Waals surface area contributed by atoms with Crippen LogP contribution < -0.4 is 0 Å². The Hall–Kier alpha value is -1.12. The standard InChI is InChI=1S/C12H18N2O/c1-8(2)14-12(10-4-5-10)11(7-13-14)6-9(3)15/h7-8,10H,4-6H2,1-3H3. The summed E-state index contributed by atoms with van der Waals surface area (Å²) in [6.07, 6.45) is 4.92. The molecule has 0 N–H and O–H groups in total. The first kappa shape index (κ1) is 10.4. The van der Waals surface area contributed by atoms with Gasteiger partial charge < -0.3 is 0 Å². The summed E-state index contributed by atoms with van der Waals surface area (Å²) in [6.45, 7) is 5.91. The van der Waals surface area contributed by atoms with Gasteiger partial charge in [-0.25, -0.2) is 0 Å². The molecule has 0 atom stereocenters. The second kappa shape index (κ2) is 3.80. The molecule has 0 amide bonds. The lowest BCUT2D eigenvalue weighted by Gasteiger charge is -2.11. The van der Waals surface area contributed by atoms with Crippen molar-refractivity contribution in [1.29, 1.82) is 0 Å². The van der Waals surface area contributed by atoms with Crippen LogP contribution >= 0.6 is 0 Å². The summed E-state index contributed by atoms with van der Waals surface area (Å²) in [7, 11) is 0. The third-order valence-corrected chi connectivity index (χ3v) is 2.81. The van der Waals surface area contributed by atoms with Crippen molar-refractivity contribution in [2.24, 2.45) is 0 Å². The maximum atomic E-state index is 11.2. The van der Waals surface area contributed by atoms with E-state index in [4.69, 9.17) is 0 Å². The fraction of sp³-hybridized carbons (Fsp3) is 0.667. The zero-order valence-electron chi connectivity index (χ0n) is 9.66. The molecule has 15 heavy (non-hydrogen) atoms. The van der Waals surface area contributed by atoms with Crippen molar-refractivity contribution in [1.82, 2.24) is 9.78 Å². The first-order valence-corrected chi connectivity index (χ1v) is 5.65. The van der Waals surface area contributed by atoms with Crippen LogP contribution in [0.25, 0.3) is 0 Å². The molecule has 0 aliphatic heterocycles. The SMILES string of the molecule is CC(=O)Cc1cnn(C(C)C)c1C1CC1. The van der Waals surface area contributed by atoms with Crippen molar-refractivity contribution >= 4 is 5.78 Å². The van der Waals surface area contributed by atoms with E-state index in [2.05, 4.69) is 23.6 Å². The quantitative estimate of drug-likeness (QED) is 0.758. The molecule has 0 bridgehead atoms. The second-order valence-corrected chi connectivity index (χ2v) is 4.75. The summed E-state index contributed by atoms with van der Waals surface area (Å²) in [6, 6.07) is 0.390. The second-order valence-electron chi connectivity index (χ2n) is 4.75. The molecule has 2 rings (SSSR count). The highest BCUT2D eigenvalue weighted by atomic mass is 16.1. The molecule has 3 heteroatoms. The lowest BCUT2D eigenvalue weighted by Crippen LogP contribution is -2.08. The van der Waals surface area contributed by atoms with Gasteiger partial charge in [0, 0.05) is 29.6 Å². The molecule has 0 aromatic carbocycles. The normalized spacial score (nSPS) is 16.0. The van der Waals surface area contributed by atoms with Gasteiger partial charge in [0.25, 0.3) is 0 Å². The Morgan fingerprint density at radius 2 is 2.27 bits per heavy atom. The van der Waals surface area contributed by atoms with Crippen molar-refractivity contribution in [2.45, 2.75) is 52.0 Å². The van der Waals surface area contributed by atoms with Crippen LogP contribution in [0, 0.1) is 0 Å². The van der Waals surface area contributed by atoms with Gasteiger partial charge in [-0.2, -0.15) is 5.10 Å². The van der Waals surface area contributed by atoms with Crippen molar-refractivity contribution in [3.8, 4) is 0 Å². The Morgan fingerprint density at radius 1 is 1.60 bits per heavy atom. The molecule has 1 fully saturated rings. The van der Waals surface area contributed by atoms with Gasteiger partial charge >= 0.3 is 0 Å². The lowest BCUT2D eigenvalue weighted by molar-refractivity contribution is -0.116. The minimum Gasteiger partial charge on any atom is -0.300 e. The van der Waals surface area contributed by atoms with Crippen molar-refractivity contribution in [2.75, 3.05) is 0 Å². The molecule has 1 heterocycles. The zero-order valence-corrected chi connectivity index (χ0v) is 9.66. The Kier molecular flexibility index (Phi) is 2.63. The number of carbonyl (C=O) groups excluding carboxylic acids is 1. The average Bonchev–Trinajstić information content (AvgIpc) is 2.87. The van der Waals surface area contributed by atoms with Gasteiger partial charge in [-0.3, -0.25) is 9.48 Å². The molecule has 0 radical (unpaired) electrons. The van der Waals surface area contributed by atoms with E-state index in [1.54, 1.807) is 6.92 Å². The highest BCUT2D eigenvalue weighted by molar-refractivity contribution is 5.78. The molecule has 0 unspecified atom stereocenters. The molecule has 1 aliphatic carbocycles. The molecule has 0 spiro atoms. The first-order valence-electron chi connectivity index (χ1n) is 5.65. The number of aromatic nitrogens is 2. The van der Waals surface area contributed by atoms with Gasteiger partial charge in [-0.05, 0) is 33.6 Å². The molecule has 0 saturated heterocycles. The Morgan fingerprint density at radius 3 is 2.73 bits per heavy atom. The molecule has 1 aromatic rings. The number of Topliss-reactive ketones (excluding diaryl/α,β-unsaturated/α-hetero) is 1. The Labute approximate surface area is 90.5 Å². The summed E-state index contributed by atoms with van der Waals surface area (Å²) in [5.74, 6) is 0.879. The third kappa shape index (κ3) is 2.11. The Balaban J connectivity index is 2.33. The number of carbonyl (C=O) groups is 1. The van der Waals surface area contributed by atoms with E-state index in [-0.39, 0.29) is 5.78 Å². The van der Waals surface area contributed by atoms with E-state index in [0.717, 1.165) is 5.56 Å². The van der Waals surface area contributed by atoms with Gasteiger partial charge in [0.15, 0.2) is 0 Å². The van der Waals surface area contributed by atoms with E-state index in [9.17, 15) is 4.79 Å². The topological polar surface area (TPSA) is 34.9 Å².